The number of para-hydroxylation sites is 2. The number of aliphatic hydroxyl groups is 1. The van der Waals surface area contributed by atoms with E-state index >= 15 is 0 Å². The quantitative estimate of drug-likeness (QED) is 0.309. The molecule has 1 saturated heterocycles. The Hall–Kier alpha value is -3.29. The van der Waals surface area contributed by atoms with Gasteiger partial charge in [-0.2, -0.15) is 0 Å². The fourth-order valence-corrected chi connectivity index (χ4v) is 5.06. The summed E-state index contributed by atoms with van der Waals surface area (Å²) in [6.45, 7) is 1.81. The number of ether oxygens (including phenoxy) is 2. The summed E-state index contributed by atoms with van der Waals surface area (Å²) in [7, 11) is 2.92. The van der Waals surface area contributed by atoms with Crippen LogP contribution in [-0.2, 0) is 9.59 Å². The number of aliphatic hydroxyl groups excluding tert-OH is 1. The Morgan fingerprint density at radius 3 is 2.50 bits per heavy atom. The highest BCUT2D eigenvalue weighted by Crippen LogP contribution is 2.47. The van der Waals surface area contributed by atoms with E-state index in [0.29, 0.717) is 16.5 Å². The molecule has 1 aromatic heterocycles. The summed E-state index contributed by atoms with van der Waals surface area (Å²) in [6.07, 6.45) is 0. The van der Waals surface area contributed by atoms with Crippen LogP contribution in [0.2, 0.25) is 5.02 Å². The molecule has 4 rings (SSSR count). The van der Waals surface area contributed by atoms with E-state index in [2.05, 4.69) is 0 Å². The van der Waals surface area contributed by atoms with Crippen molar-refractivity contribution in [2.45, 2.75) is 13.0 Å². The third-order valence-electron chi connectivity index (χ3n) is 5.25. The molecule has 164 valence electrons. The minimum Gasteiger partial charge on any atom is -0.507 e. The third kappa shape index (κ3) is 3.53. The predicted octanol–water partition coefficient (Wildman–Crippen LogP) is 5.35. The summed E-state index contributed by atoms with van der Waals surface area (Å²) in [5, 5.41) is 13.5. The minimum absolute atomic E-state index is 0.0386. The van der Waals surface area contributed by atoms with Crippen LogP contribution in [0.1, 0.15) is 22.0 Å². The topological polar surface area (TPSA) is 76.1 Å². The van der Waals surface area contributed by atoms with Gasteiger partial charge >= 0.3 is 0 Å². The zero-order chi connectivity index (χ0) is 23.0. The van der Waals surface area contributed by atoms with Crippen LogP contribution in [0.15, 0.2) is 59.5 Å². The molecule has 8 heteroatoms. The first kappa shape index (κ1) is 21.9. The number of Topliss-reactive ketones (excluding diaryl/α,β-unsaturated/α-hetero) is 1. The van der Waals surface area contributed by atoms with Crippen molar-refractivity contribution in [1.29, 1.82) is 0 Å². The molecule has 2 heterocycles. The summed E-state index contributed by atoms with van der Waals surface area (Å²) < 4.78 is 10.8. The van der Waals surface area contributed by atoms with Gasteiger partial charge in [0.2, 0.25) is 0 Å². The van der Waals surface area contributed by atoms with Crippen LogP contribution in [0.25, 0.3) is 5.76 Å². The third-order valence-corrected chi connectivity index (χ3v) is 6.45. The van der Waals surface area contributed by atoms with E-state index in [1.165, 1.54) is 30.5 Å². The molecule has 0 radical (unpaired) electrons. The number of halogens is 1. The van der Waals surface area contributed by atoms with Gasteiger partial charge in [0.25, 0.3) is 11.7 Å². The number of benzene rings is 2. The summed E-state index contributed by atoms with van der Waals surface area (Å²) in [6, 6.07) is 13.1. The molecule has 0 saturated carbocycles. The van der Waals surface area contributed by atoms with Crippen LogP contribution in [-0.4, -0.2) is 31.0 Å². The second-order valence-electron chi connectivity index (χ2n) is 7.18. The Morgan fingerprint density at radius 1 is 1.09 bits per heavy atom. The fraction of sp³-hybridized carbons (Fsp3) is 0.167. The molecule has 32 heavy (non-hydrogen) atoms. The Balaban J connectivity index is 2.00. The van der Waals surface area contributed by atoms with Crippen molar-refractivity contribution in [1.82, 2.24) is 0 Å². The van der Waals surface area contributed by atoms with Gasteiger partial charge in [-0.15, -0.1) is 11.3 Å². The number of rotatable bonds is 5. The highest BCUT2D eigenvalue weighted by Gasteiger charge is 2.48. The van der Waals surface area contributed by atoms with Crippen molar-refractivity contribution in [3.8, 4) is 11.5 Å². The van der Waals surface area contributed by atoms with E-state index in [9.17, 15) is 14.7 Å². The number of thiophene rings is 1. The lowest BCUT2D eigenvalue weighted by Gasteiger charge is -2.25. The second-order valence-corrected chi connectivity index (χ2v) is 8.57. The first-order valence-corrected chi connectivity index (χ1v) is 11.0. The molecule has 1 unspecified atom stereocenters. The summed E-state index contributed by atoms with van der Waals surface area (Å²) >= 11 is 7.69. The predicted molar refractivity (Wildman–Crippen MR) is 125 cm³/mol. The lowest BCUT2D eigenvalue weighted by molar-refractivity contribution is -0.132. The lowest BCUT2D eigenvalue weighted by atomic mass is 9.98. The van der Waals surface area contributed by atoms with Crippen LogP contribution in [0.3, 0.4) is 0 Å². The van der Waals surface area contributed by atoms with Crippen molar-refractivity contribution in [3.63, 3.8) is 0 Å². The van der Waals surface area contributed by atoms with Crippen LogP contribution in [0.5, 0.6) is 11.5 Å². The maximum Gasteiger partial charge on any atom is 0.300 e. The molecule has 1 atom stereocenters. The first-order chi connectivity index (χ1) is 15.4. The average molecular weight is 470 g/mol. The van der Waals surface area contributed by atoms with Gasteiger partial charge in [-0.25, -0.2) is 0 Å². The minimum atomic E-state index is -0.838. The van der Waals surface area contributed by atoms with Crippen LogP contribution < -0.4 is 14.4 Å². The standard InChI is InChI=1S/C24H20ClNO5S/c1-13-11-14(23(31-3)15(25)12-13)21(27)19-20(18-9-6-10-32-18)26(24(29)22(19)28)16-7-4-5-8-17(16)30-2/h4-12,20,27H,1-3H3/b21-19-. The SMILES string of the molecule is COc1ccccc1N1C(=O)C(=O)/C(=C(\O)c2cc(C)cc(Cl)c2OC)C1c1cccs1. The number of amides is 1. The number of anilines is 1. The van der Waals surface area contributed by atoms with E-state index in [1.807, 2.05) is 24.4 Å². The van der Waals surface area contributed by atoms with Gasteiger partial charge in [-0.05, 0) is 48.2 Å². The maximum absolute atomic E-state index is 13.3. The Labute approximate surface area is 194 Å². The normalized spacial score (nSPS) is 17.6. The number of nitrogens with zero attached hydrogens (tertiary/aromatic N) is 1. The van der Waals surface area contributed by atoms with E-state index in [-0.39, 0.29) is 22.6 Å². The summed E-state index contributed by atoms with van der Waals surface area (Å²) in [5.74, 6) is -1.24. The molecule has 3 aromatic rings. The van der Waals surface area contributed by atoms with Crippen molar-refractivity contribution < 1.29 is 24.2 Å². The van der Waals surface area contributed by atoms with Gasteiger partial charge < -0.3 is 14.6 Å². The fourth-order valence-electron chi connectivity index (χ4n) is 3.88. The van der Waals surface area contributed by atoms with E-state index < -0.39 is 17.7 Å². The second kappa shape index (κ2) is 8.68. The zero-order valence-corrected chi connectivity index (χ0v) is 19.2. The van der Waals surface area contributed by atoms with Crippen LogP contribution in [0, 0.1) is 6.92 Å². The zero-order valence-electron chi connectivity index (χ0n) is 17.6. The monoisotopic (exact) mass is 469 g/mol. The van der Waals surface area contributed by atoms with Crippen LogP contribution >= 0.6 is 22.9 Å². The van der Waals surface area contributed by atoms with Crippen molar-refractivity contribution in [3.05, 3.63) is 80.5 Å². The lowest BCUT2D eigenvalue weighted by Crippen LogP contribution is -2.29. The number of hydrogen-bond acceptors (Lipinski definition) is 6. The van der Waals surface area contributed by atoms with Gasteiger partial charge in [0.1, 0.15) is 23.3 Å². The molecule has 1 fully saturated rings. The number of aryl methyl sites for hydroxylation is 1. The molecule has 2 aromatic carbocycles. The molecule has 0 aliphatic carbocycles. The molecule has 6 nitrogen and oxygen atoms in total. The highest BCUT2D eigenvalue weighted by atomic mass is 35.5. The molecule has 0 bridgehead atoms. The number of carbonyl (C=O) groups is 2. The maximum atomic E-state index is 13.3. The van der Waals surface area contributed by atoms with E-state index in [4.69, 9.17) is 21.1 Å². The van der Waals surface area contributed by atoms with E-state index in [0.717, 1.165) is 10.4 Å². The van der Waals surface area contributed by atoms with Crippen molar-refractivity contribution in [2.24, 2.45) is 0 Å². The molecule has 1 aliphatic heterocycles. The van der Waals surface area contributed by atoms with Gasteiger partial charge in [-0.3, -0.25) is 14.5 Å². The molecule has 1 aliphatic rings. The Morgan fingerprint density at radius 2 is 1.84 bits per heavy atom. The number of ketones is 1. The van der Waals surface area contributed by atoms with Crippen molar-refractivity contribution >= 4 is 46.1 Å². The van der Waals surface area contributed by atoms with Crippen molar-refractivity contribution in [2.75, 3.05) is 19.1 Å². The smallest absolute Gasteiger partial charge is 0.300 e. The highest BCUT2D eigenvalue weighted by molar-refractivity contribution is 7.10. The Bertz CT molecular complexity index is 1240. The summed E-state index contributed by atoms with van der Waals surface area (Å²) in [4.78, 5) is 28.6. The van der Waals surface area contributed by atoms with Gasteiger partial charge in [-0.1, -0.05) is 29.8 Å². The number of methoxy groups -OCH3 is 2. The first-order valence-electron chi connectivity index (χ1n) is 9.71. The molecular weight excluding hydrogens is 450 g/mol. The Kier molecular flexibility index (Phi) is 5.95. The molecule has 0 spiro atoms. The average Bonchev–Trinajstić information content (AvgIpc) is 3.40. The van der Waals surface area contributed by atoms with Gasteiger partial charge in [0.05, 0.1) is 36.1 Å². The number of carbonyl (C=O) groups excluding carboxylic acids is 2. The van der Waals surface area contributed by atoms with E-state index in [1.54, 1.807) is 36.4 Å². The summed E-state index contributed by atoms with van der Waals surface area (Å²) in [5.41, 5.74) is 1.41. The molecule has 1 amide bonds. The van der Waals surface area contributed by atoms with Gasteiger partial charge in [0, 0.05) is 4.88 Å². The number of hydrogen-bond donors (Lipinski definition) is 1. The van der Waals surface area contributed by atoms with Gasteiger partial charge in [0.15, 0.2) is 0 Å². The molecular formula is C24H20ClNO5S. The molecule has 1 N–H and O–H groups in total. The largest absolute Gasteiger partial charge is 0.507 e. The van der Waals surface area contributed by atoms with Crippen LogP contribution in [0.4, 0.5) is 5.69 Å².